The highest BCUT2D eigenvalue weighted by Gasteiger charge is 2.35. The zero-order chi connectivity index (χ0) is 19.5. The number of nitrogens with one attached hydrogen (secondary N) is 1. The molecule has 1 aliphatic rings. The lowest BCUT2D eigenvalue weighted by atomic mass is 10.0. The van der Waals surface area contributed by atoms with E-state index in [1.165, 1.54) is 23.5 Å². The van der Waals surface area contributed by atoms with Crippen molar-refractivity contribution in [2.24, 2.45) is 5.92 Å². The van der Waals surface area contributed by atoms with Crippen LogP contribution in [0.25, 0.3) is 32.2 Å². The summed E-state index contributed by atoms with van der Waals surface area (Å²) in [6.45, 7) is 0.652. The molecular weight excluding hydrogens is 391 g/mol. The zero-order valence-corrected chi connectivity index (χ0v) is 15.2. The highest BCUT2D eigenvalue weighted by Crippen LogP contribution is 2.44. The van der Waals surface area contributed by atoms with Gasteiger partial charge >= 0.3 is 6.18 Å². The second-order valence-corrected chi connectivity index (χ2v) is 7.99. The maximum absolute atomic E-state index is 13.6. The Hall–Kier alpha value is -2.88. The zero-order valence-electron chi connectivity index (χ0n) is 14.4. The number of rotatable bonds is 4. The second-order valence-electron chi connectivity index (χ2n) is 6.91. The number of benzene rings is 1. The van der Waals surface area contributed by atoms with Gasteiger partial charge in [-0.1, -0.05) is 0 Å². The molecule has 1 aliphatic carbocycles. The molecular formula is C18H14F3N5OS. The van der Waals surface area contributed by atoms with Gasteiger partial charge in [0.15, 0.2) is 0 Å². The number of halogens is 3. The van der Waals surface area contributed by atoms with Crippen LogP contribution in [0.15, 0.2) is 30.3 Å². The van der Waals surface area contributed by atoms with Crippen LogP contribution in [0.3, 0.4) is 0 Å². The predicted molar refractivity (Wildman–Crippen MR) is 97.8 cm³/mol. The average Bonchev–Trinajstić information content (AvgIpc) is 3.04. The third-order valence-corrected chi connectivity index (χ3v) is 5.94. The SMILES string of the molecule is Oc1ccc(-c2cc3sc(-c4nn[nH]n4)cc3n2CC2CC2)c(C(F)(F)F)c1. The largest absolute Gasteiger partial charge is 0.508 e. The van der Waals surface area contributed by atoms with Gasteiger partial charge < -0.3 is 9.67 Å². The van der Waals surface area contributed by atoms with Crippen molar-refractivity contribution in [2.75, 3.05) is 0 Å². The van der Waals surface area contributed by atoms with Crippen LogP contribution in [0.2, 0.25) is 0 Å². The fourth-order valence-corrected chi connectivity index (χ4v) is 4.42. The minimum atomic E-state index is -4.56. The summed E-state index contributed by atoms with van der Waals surface area (Å²) in [5.74, 6) is 0.522. The summed E-state index contributed by atoms with van der Waals surface area (Å²) in [5, 5.41) is 23.5. The van der Waals surface area contributed by atoms with Crippen LogP contribution in [0, 0.1) is 5.92 Å². The number of hydrogen-bond donors (Lipinski definition) is 2. The predicted octanol–water partition coefficient (Wildman–Crippen LogP) is 4.68. The highest BCUT2D eigenvalue weighted by atomic mass is 32.1. The summed E-state index contributed by atoms with van der Waals surface area (Å²) in [5.41, 5.74) is 0.580. The van der Waals surface area contributed by atoms with Gasteiger partial charge in [-0.15, -0.1) is 21.5 Å². The summed E-state index contributed by atoms with van der Waals surface area (Å²) in [4.78, 5) is 0.802. The van der Waals surface area contributed by atoms with Gasteiger partial charge in [-0.2, -0.15) is 18.4 Å². The van der Waals surface area contributed by atoms with E-state index in [4.69, 9.17) is 0 Å². The van der Waals surface area contributed by atoms with Crippen molar-refractivity contribution in [2.45, 2.75) is 25.6 Å². The van der Waals surface area contributed by atoms with Crippen molar-refractivity contribution in [3.63, 3.8) is 0 Å². The summed E-state index contributed by atoms with van der Waals surface area (Å²) >= 11 is 1.41. The molecule has 4 aromatic rings. The lowest BCUT2D eigenvalue weighted by Gasteiger charge is -2.16. The van der Waals surface area contributed by atoms with Gasteiger partial charge in [0.05, 0.1) is 26.4 Å². The second kappa shape index (κ2) is 6.06. The fraction of sp³-hybridized carbons (Fsp3) is 0.278. The lowest BCUT2D eigenvalue weighted by molar-refractivity contribution is -0.137. The Labute approximate surface area is 160 Å². The van der Waals surface area contributed by atoms with E-state index in [0.717, 1.165) is 34.0 Å². The Morgan fingerprint density at radius 1 is 1.21 bits per heavy atom. The number of phenolic OH excluding ortho intramolecular Hbond substituents is 1. The van der Waals surface area contributed by atoms with Crippen LogP contribution in [-0.4, -0.2) is 30.3 Å². The molecule has 3 aromatic heterocycles. The van der Waals surface area contributed by atoms with Gasteiger partial charge in [-0.3, -0.25) is 0 Å². The fourth-order valence-electron chi connectivity index (χ4n) is 3.39. The Morgan fingerprint density at radius 2 is 2.04 bits per heavy atom. The Bertz CT molecular complexity index is 1160. The molecule has 0 amide bonds. The molecule has 2 N–H and O–H groups in total. The normalized spacial score (nSPS) is 14.8. The molecule has 3 heterocycles. The number of hydrogen-bond acceptors (Lipinski definition) is 5. The number of tetrazole rings is 1. The molecule has 6 nitrogen and oxygen atoms in total. The summed E-state index contributed by atoms with van der Waals surface area (Å²) < 4.78 is 43.6. The molecule has 0 atom stereocenters. The maximum Gasteiger partial charge on any atom is 0.417 e. The standard InChI is InChI=1S/C18H14F3N5OS/c19-18(20,21)12-5-10(27)3-4-11(12)13-6-15-14(26(13)8-9-1-2-9)7-16(28-15)17-22-24-25-23-17/h3-7,9,27H,1-2,8H2,(H,22,23,24,25). The van der Waals surface area contributed by atoms with Crippen molar-refractivity contribution in [1.82, 2.24) is 25.2 Å². The van der Waals surface area contributed by atoms with Crippen molar-refractivity contribution < 1.29 is 18.3 Å². The number of fused-ring (bicyclic) bond motifs is 1. The summed E-state index contributed by atoms with van der Waals surface area (Å²) in [6, 6.07) is 7.07. The lowest BCUT2D eigenvalue weighted by Crippen LogP contribution is -2.09. The topological polar surface area (TPSA) is 79.6 Å². The number of aromatic amines is 1. The molecule has 0 aliphatic heterocycles. The Balaban J connectivity index is 1.70. The van der Waals surface area contributed by atoms with Crippen LogP contribution < -0.4 is 0 Å². The molecule has 0 unspecified atom stereocenters. The molecule has 0 spiro atoms. The molecule has 0 saturated heterocycles. The number of thiophene rings is 1. The number of aromatic hydroxyl groups is 1. The van der Waals surface area contributed by atoms with Crippen LogP contribution in [-0.2, 0) is 12.7 Å². The molecule has 0 bridgehead atoms. The van der Waals surface area contributed by atoms with E-state index in [9.17, 15) is 18.3 Å². The van der Waals surface area contributed by atoms with Crippen LogP contribution in [0.1, 0.15) is 18.4 Å². The molecule has 5 rings (SSSR count). The number of nitrogens with zero attached hydrogens (tertiary/aromatic N) is 4. The monoisotopic (exact) mass is 405 g/mol. The molecule has 28 heavy (non-hydrogen) atoms. The average molecular weight is 405 g/mol. The van der Waals surface area contributed by atoms with Crippen molar-refractivity contribution >= 4 is 21.6 Å². The minimum Gasteiger partial charge on any atom is -0.508 e. The van der Waals surface area contributed by atoms with E-state index in [1.807, 2.05) is 10.6 Å². The Kier molecular flexibility index (Phi) is 3.73. The van der Waals surface area contributed by atoms with E-state index < -0.39 is 17.5 Å². The number of H-pyrrole nitrogens is 1. The van der Waals surface area contributed by atoms with Gasteiger partial charge in [0.25, 0.3) is 0 Å². The quantitative estimate of drug-likeness (QED) is 0.517. The van der Waals surface area contributed by atoms with Crippen LogP contribution >= 0.6 is 11.3 Å². The Morgan fingerprint density at radius 3 is 2.71 bits per heavy atom. The highest BCUT2D eigenvalue weighted by molar-refractivity contribution is 7.22. The molecule has 10 heteroatoms. The first-order valence-corrected chi connectivity index (χ1v) is 9.49. The van der Waals surface area contributed by atoms with Gasteiger partial charge in [0.1, 0.15) is 5.75 Å². The molecule has 1 aromatic carbocycles. The number of phenols is 1. The number of aromatic nitrogens is 5. The smallest absolute Gasteiger partial charge is 0.417 e. The molecule has 1 fully saturated rings. The first kappa shape index (κ1) is 17.2. The van der Waals surface area contributed by atoms with E-state index in [0.29, 0.717) is 24.0 Å². The van der Waals surface area contributed by atoms with Crippen molar-refractivity contribution in [3.05, 3.63) is 35.9 Å². The van der Waals surface area contributed by atoms with Crippen molar-refractivity contribution in [1.29, 1.82) is 0 Å². The molecule has 1 saturated carbocycles. The van der Waals surface area contributed by atoms with Crippen LogP contribution in [0.5, 0.6) is 5.75 Å². The van der Waals surface area contributed by atoms with Gasteiger partial charge in [-0.05, 0) is 54.3 Å². The molecule has 144 valence electrons. The van der Waals surface area contributed by atoms with E-state index in [2.05, 4.69) is 20.6 Å². The minimum absolute atomic E-state index is 0.0652. The summed E-state index contributed by atoms with van der Waals surface area (Å²) in [7, 11) is 0. The molecule has 0 radical (unpaired) electrons. The third-order valence-electron chi connectivity index (χ3n) is 4.88. The van der Waals surface area contributed by atoms with Crippen LogP contribution in [0.4, 0.5) is 13.2 Å². The van der Waals surface area contributed by atoms with Crippen molar-refractivity contribution in [3.8, 4) is 27.7 Å². The number of alkyl halides is 3. The summed E-state index contributed by atoms with van der Waals surface area (Å²) in [6.07, 6.45) is -2.42. The van der Waals surface area contributed by atoms with E-state index >= 15 is 0 Å². The van der Waals surface area contributed by atoms with E-state index in [-0.39, 0.29) is 5.56 Å². The maximum atomic E-state index is 13.6. The van der Waals surface area contributed by atoms with E-state index in [1.54, 1.807) is 6.07 Å². The van der Waals surface area contributed by atoms with Gasteiger partial charge in [0.2, 0.25) is 5.82 Å². The first-order valence-electron chi connectivity index (χ1n) is 8.67. The first-order chi connectivity index (χ1) is 13.4. The third kappa shape index (κ3) is 2.93. The van der Waals surface area contributed by atoms with Gasteiger partial charge in [0, 0.05) is 12.1 Å². The van der Waals surface area contributed by atoms with Gasteiger partial charge in [-0.25, -0.2) is 0 Å².